The van der Waals surface area contributed by atoms with Crippen molar-refractivity contribution in [2.45, 2.75) is 10.6 Å². The van der Waals surface area contributed by atoms with Crippen LogP contribution < -0.4 is 0 Å². The molecule has 1 aliphatic heterocycles. The van der Waals surface area contributed by atoms with Gasteiger partial charge in [0.1, 0.15) is 11.8 Å². The highest BCUT2D eigenvalue weighted by molar-refractivity contribution is 9.10. The second kappa shape index (κ2) is 5.25. The van der Waals surface area contributed by atoms with Crippen LogP contribution in [0.15, 0.2) is 51.3 Å². The topological polar surface area (TPSA) is 36.7 Å². The van der Waals surface area contributed by atoms with E-state index in [4.69, 9.17) is 15.9 Å². The fourth-order valence-electron chi connectivity index (χ4n) is 2.26. The van der Waals surface area contributed by atoms with E-state index < -0.39 is 9.24 Å². The molecule has 0 saturated heterocycles. The molecule has 0 aliphatic carbocycles. The van der Waals surface area contributed by atoms with Gasteiger partial charge in [-0.1, -0.05) is 41.0 Å². The molecule has 20 heavy (non-hydrogen) atoms. The molecule has 0 saturated carbocycles. The predicted molar refractivity (Wildman–Crippen MR) is 87.5 cm³/mol. The van der Waals surface area contributed by atoms with Crippen LogP contribution in [0.25, 0.3) is 6.08 Å². The molecule has 0 amide bonds. The molecule has 1 aromatic carbocycles. The molecule has 0 radical (unpaired) electrons. The molecule has 1 atom stereocenters. The molecule has 0 fully saturated rings. The fourth-order valence-corrected chi connectivity index (χ4v) is 7.06. The van der Waals surface area contributed by atoms with Crippen molar-refractivity contribution in [2.24, 2.45) is 0 Å². The second-order valence-corrected chi connectivity index (χ2v) is 9.33. The van der Waals surface area contributed by atoms with E-state index in [-0.39, 0.29) is 0 Å². The van der Waals surface area contributed by atoms with Crippen molar-refractivity contribution in [3.63, 3.8) is 0 Å². The number of pyridine rings is 1. The first-order valence-corrected chi connectivity index (χ1v) is 9.44. The third kappa shape index (κ3) is 2.26. The van der Waals surface area contributed by atoms with Gasteiger partial charge >= 0.3 is 0 Å². The molecule has 1 aromatic heterocycles. The molecule has 1 aliphatic rings. The summed E-state index contributed by atoms with van der Waals surface area (Å²) < 4.78 is 0.873. The summed E-state index contributed by atoms with van der Waals surface area (Å²) >= 11 is 3.52. The molecular formula is C15H10BrClN2S. The Morgan fingerprint density at radius 1 is 1.30 bits per heavy atom. The highest BCUT2D eigenvalue weighted by Crippen LogP contribution is 2.70. The highest BCUT2D eigenvalue weighted by Gasteiger charge is 2.32. The molecule has 0 spiro atoms. The zero-order chi connectivity index (χ0) is 14.2. The Morgan fingerprint density at radius 2 is 2.05 bits per heavy atom. The van der Waals surface area contributed by atoms with Crippen molar-refractivity contribution in [1.82, 2.24) is 4.98 Å². The van der Waals surface area contributed by atoms with Gasteiger partial charge in [-0.3, -0.25) is 0 Å². The molecule has 100 valence electrons. The van der Waals surface area contributed by atoms with Crippen LogP contribution in [0.1, 0.15) is 16.8 Å². The van der Waals surface area contributed by atoms with Gasteiger partial charge in [-0.2, -0.15) is 5.26 Å². The number of nitrogens with zero attached hydrogens (tertiary/aromatic N) is 2. The number of aromatic nitrogens is 1. The van der Waals surface area contributed by atoms with Gasteiger partial charge in [0.2, 0.25) is 0 Å². The average molecular weight is 366 g/mol. The lowest BCUT2D eigenvalue weighted by Gasteiger charge is -2.28. The number of fused-ring (bicyclic) bond motifs is 1. The Kier molecular flexibility index (Phi) is 3.59. The molecule has 0 bridgehead atoms. The van der Waals surface area contributed by atoms with Crippen molar-refractivity contribution in [3.05, 3.63) is 63.2 Å². The summed E-state index contributed by atoms with van der Waals surface area (Å²) in [6.07, 6.45) is 3.59. The number of halogens is 2. The minimum atomic E-state index is -1.63. The number of rotatable bonds is 2. The Balaban J connectivity index is 2.09. The fraction of sp³-hybridized carbons (Fsp3) is 0.0667. The Morgan fingerprint density at radius 3 is 2.75 bits per heavy atom. The van der Waals surface area contributed by atoms with Crippen LogP contribution in [0.2, 0.25) is 0 Å². The van der Waals surface area contributed by atoms with E-state index in [1.54, 1.807) is 6.20 Å². The zero-order valence-corrected chi connectivity index (χ0v) is 13.5. The van der Waals surface area contributed by atoms with Crippen LogP contribution in [-0.2, 0) is 5.75 Å². The van der Waals surface area contributed by atoms with E-state index in [0.717, 1.165) is 20.7 Å². The lowest BCUT2D eigenvalue weighted by atomic mass is 10.2. The maximum atomic E-state index is 9.16. The predicted octanol–water partition coefficient (Wildman–Crippen LogP) is 5.22. The molecule has 5 heteroatoms. The van der Waals surface area contributed by atoms with Gasteiger partial charge in [0.15, 0.2) is 0 Å². The SMILES string of the molecule is N#Cc1ncc(Br)c2c1C=CS2(Cl)Cc1ccccc1. The van der Waals surface area contributed by atoms with Crippen LogP contribution in [0.4, 0.5) is 0 Å². The highest BCUT2D eigenvalue weighted by atomic mass is 79.9. The van der Waals surface area contributed by atoms with Gasteiger partial charge in [0, 0.05) is 22.4 Å². The van der Waals surface area contributed by atoms with Crippen molar-refractivity contribution in [1.29, 1.82) is 5.26 Å². The first-order chi connectivity index (χ1) is 9.64. The van der Waals surface area contributed by atoms with E-state index in [2.05, 4.69) is 39.1 Å². The minimum absolute atomic E-state index is 0.433. The molecule has 2 nitrogen and oxygen atoms in total. The number of hydrogen-bond acceptors (Lipinski definition) is 2. The first-order valence-electron chi connectivity index (χ1n) is 5.95. The summed E-state index contributed by atoms with van der Waals surface area (Å²) in [5, 5.41) is 11.2. The largest absolute Gasteiger partial charge is 0.244 e. The van der Waals surface area contributed by atoms with E-state index in [0.29, 0.717) is 5.69 Å². The Hall–Kier alpha value is -1.28. The van der Waals surface area contributed by atoms with E-state index in [1.807, 2.05) is 29.7 Å². The Bertz CT molecular complexity index is 740. The molecule has 2 aromatic rings. The smallest absolute Gasteiger partial charge is 0.148 e. The van der Waals surface area contributed by atoms with Crippen molar-refractivity contribution in [2.75, 3.05) is 0 Å². The van der Waals surface area contributed by atoms with Gasteiger partial charge in [-0.15, -0.1) is 9.24 Å². The molecule has 3 rings (SSSR count). The second-order valence-electron chi connectivity index (χ2n) is 4.45. The standard InChI is InChI=1S/C15H10BrClN2S/c16-13-9-19-14(8-18)12-6-7-20(17,15(12)13)10-11-4-2-1-3-5-11/h1-7,9H,10H2. The van der Waals surface area contributed by atoms with E-state index >= 15 is 0 Å². The van der Waals surface area contributed by atoms with Crippen LogP contribution in [0.3, 0.4) is 0 Å². The summed E-state index contributed by atoms with van der Waals surface area (Å²) in [7, 11) is 5.27. The molecular weight excluding hydrogens is 356 g/mol. The zero-order valence-electron chi connectivity index (χ0n) is 10.4. The molecule has 0 N–H and O–H groups in total. The van der Waals surface area contributed by atoms with Crippen molar-refractivity contribution in [3.8, 4) is 6.07 Å². The monoisotopic (exact) mass is 364 g/mol. The van der Waals surface area contributed by atoms with Crippen LogP contribution in [0, 0.1) is 11.3 Å². The van der Waals surface area contributed by atoms with Crippen molar-refractivity contribution < 1.29 is 0 Å². The normalized spacial score (nSPS) is 22.9. The van der Waals surface area contributed by atoms with Gasteiger partial charge < -0.3 is 0 Å². The molecule has 2 heterocycles. The quantitative estimate of drug-likeness (QED) is 0.731. The maximum Gasteiger partial charge on any atom is 0.148 e. The van der Waals surface area contributed by atoms with Crippen molar-refractivity contribution >= 4 is 41.9 Å². The number of hydrogen-bond donors (Lipinski definition) is 0. The van der Waals surface area contributed by atoms with Gasteiger partial charge in [0.05, 0.1) is 4.47 Å². The summed E-state index contributed by atoms with van der Waals surface area (Å²) in [6, 6.07) is 12.3. The van der Waals surface area contributed by atoms with Gasteiger partial charge in [0.25, 0.3) is 0 Å². The third-order valence-electron chi connectivity index (χ3n) is 3.14. The summed E-state index contributed by atoms with van der Waals surface area (Å²) in [6.45, 7) is 0. The maximum absolute atomic E-state index is 9.16. The minimum Gasteiger partial charge on any atom is -0.244 e. The summed E-state index contributed by atoms with van der Waals surface area (Å²) in [4.78, 5) is 5.15. The van der Waals surface area contributed by atoms with Gasteiger partial charge in [-0.05, 0) is 33.0 Å². The molecule has 1 unspecified atom stereocenters. The van der Waals surface area contributed by atoms with Crippen LogP contribution in [0.5, 0.6) is 0 Å². The summed E-state index contributed by atoms with van der Waals surface area (Å²) in [5.74, 6) is 0.756. The Labute approximate surface area is 132 Å². The number of benzene rings is 1. The van der Waals surface area contributed by atoms with Crippen LogP contribution >= 0.6 is 35.9 Å². The van der Waals surface area contributed by atoms with E-state index in [1.165, 1.54) is 5.56 Å². The van der Waals surface area contributed by atoms with Crippen LogP contribution in [-0.4, -0.2) is 4.98 Å². The lowest BCUT2D eigenvalue weighted by molar-refractivity contribution is 1.17. The first kappa shape index (κ1) is 13.7. The number of nitriles is 1. The lowest BCUT2D eigenvalue weighted by Crippen LogP contribution is -1.97. The van der Waals surface area contributed by atoms with Gasteiger partial charge in [-0.25, -0.2) is 4.98 Å². The van der Waals surface area contributed by atoms with E-state index in [9.17, 15) is 0 Å². The average Bonchev–Trinajstić information content (AvgIpc) is 2.79. The summed E-state index contributed by atoms with van der Waals surface area (Å²) in [5.41, 5.74) is 2.47. The third-order valence-corrected chi connectivity index (χ3v) is 7.54.